The van der Waals surface area contributed by atoms with Gasteiger partial charge in [0.2, 0.25) is 5.56 Å². The van der Waals surface area contributed by atoms with Crippen molar-refractivity contribution in [1.82, 2.24) is 4.98 Å². The number of H-pyrrole nitrogens is 1. The molecule has 3 N–H and O–H groups in total. The molecular weight excluding hydrogens is 340 g/mol. The number of pyridine rings is 1. The van der Waals surface area contributed by atoms with Crippen molar-refractivity contribution in [1.29, 1.82) is 0 Å². The smallest absolute Gasteiger partial charge is 0.331 e. The molecule has 1 atom stereocenters. The van der Waals surface area contributed by atoms with E-state index in [1.807, 2.05) is 26.8 Å². The Morgan fingerprint density at radius 1 is 1.20 bits per heavy atom. The van der Waals surface area contributed by atoms with Gasteiger partial charge in [0.05, 0.1) is 6.10 Å². The lowest BCUT2D eigenvalue weighted by atomic mass is 9.76. The Kier molecular flexibility index (Phi) is 6.43. The number of aromatic nitrogens is 1. The van der Waals surface area contributed by atoms with Crippen LogP contribution in [0.5, 0.6) is 0 Å². The highest BCUT2D eigenvalue weighted by Gasteiger charge is 2.41. The van der Waals surface area contributed by atoms with Gasteiger partial charge < -0.3 is 15.5 Å². The average molecular weight is 367 g/mol. The second-order valence-corrected chi connectivity index (χ2v) is 7.79. The van der Waals surface area contributed by atoms with Gasteiger partial charge in [-0.05, 0) is 54.8 Å². The molecule has 0 fully saturated rings. The third kappa shape index (κ3) is 5.06. The van der Waals surface area contributed by atoms with Gasteiger partial charge in [-0.15, -0.1) is 12.4 Å². The van der Waals surface area contributed by atoms with Crippen LogP contribution < -0.4 is 11.3 Å². The Morgan fingerprint density at radius 2 is 1.84 bits per heavy atom. The van der Waals surface area contributed by atoms with E-state index in [4.69, 9.17) is 10.5 Å². The van der Waals surface area contributed by atoms with Crippen LogP contribution in [0.1, 0.15) is 46.6 Å². The number of rotatable bonds is 4. The predicted octanol–water partition coefficient (Wildman–Crippen LogP) is 3.49. The Morgan fingerprint density at radius 3 is 2.40 bits per heavy atom. The van der Waals surface area contributed by atoms with E-state index < -0.39 is 11.5 Å². The molecule has 2 aromatic rings. The van der Waals surface area contributed by atoms with Crippen molar-refractivity contribution >= 4 is 29.3 Å². The molecule has 0 amide bonds. The number of ether oxygens (including phenoxy) is 1. The molecule has 1 aromatic carbocycles. The van der Waals surface area contributed by atoms with E-state index >= 15 is 0 Å². The van der Waals surface area contributed by atoms with Crippen molar-refractivity contribution in [3.05, 3.63) is 46.2 Å². The predicted molar refractivity (Wildman–Crippen MR) is 103 cm³/mol. The third-order valence-electron chi connectivity index (χ3n) is 3.75. The maximum absolute atomic E-state index is 12.7. The lowest BCUT2D eigenvalue weighted by molar-refractivity contribution is -0.156. The van der Waals surface area contributed by atoms with Gasteiger partial charge in [-0.1, -0.05) is 26.8 Å². The van der Waals surface area contributed by atoms with Gasteiger partial charge >= 0.3 is 5.97 Å². The molecule has 0 unspecified atom stereocenters. The molecule has 1 aromatic heterocycles. The molecule has 0 radical (unpaired) electrons. The van der Waals surface area contributed by atoms with Crippen LogP contribution in [-0.4, -0.2) is 17.1 Å². The summed E-state index contributed by atoms with van der Waals surface area (Å²) in [6.45, 7) is 9.72. The first kappa shape index (κ1) is 21.2. The Bertz CT molecular complexity index is 808. The lowest BCUT2D eigenvalue weighted by Gasteiger charge is -2.34. The zero-order valence-corrected chi connectivity index (χ0v) is 16.2. The molecule has 6 heteroatoms. The van der Waals surface area contributed by atoms with Gasteiger partial charge in [-0.2, -0.15) is 0 Å². The highest BCUT2D eigenvalue weighted by atomic mass is 35.5. The van der Waals surface area contributed by atoms with E-state index in [9.17, 15) is 9.59 Å². The summed E-state index contributed by atoms with van der Waals surface area (Å²) in [5.74, 6) is -0.434. The molecule has 0 saturated heterocycles. The number of hydrogen-bond donors (Lipinski definition) is 2. The number of aromatic amines is 1. The second kappa shape index (κ2) is 7.58. The van der Waals surface area contributed by atoms with E-state index in [-0.39, 0.29) is 29.5 Å². The van der Waals surface area contributed by atoms with Crippen molar-refractivity contribution in [3.8, 4) is 0 Å². The number of nitrogens with two attached hydrogens (primary N) is 1. The summed E-state index contributed by atoms with van der Waals surface area (Å²) in [5, 5.41) is 0.827. The number of fused-ring (bicyclic) bond motifs is 1. The molecule has 1 heterocycles. The lowest BCUT2D eigenvalue weighted by Crippen LogP contribution is -2.49. The highest BCUT2D eigenvalue weighted by Crippen LogP contribution is 2.35. The van der Waals surface area contributed by atoms with Crippen molar-refractivity contribution in [2.24, 2.45) is 11.1 Å². The fourth-order valence-electron chi connectivity index (χ4n) is 2.88. The molecule has 138 valence electrons. The third-order valence-corrected chi connectivity index (χ3v) is 3.75. The van der Waals surface area contributed by atoms with Crippen LogP contribution in [0, 0.1) is 5.41 Å². The molecule has 0 spiro atoms. The van der Waals surface area contributed by atoms with E-state index in [1.165, 1.54) is 6.07 Å². The minimum absolute atomic E-state index is 0. The SMILES string of the molecule is CC(C)OC(=O)[C@@](N)(CC(C)(C)C)c1ccc2[nH]c(=O)ccc2c1.Cl. The van der Waals surface area contributed by atoms with E-state index in [0.29, 0.717) is 17.5 Å². The Labute approximate surface area is 154 Å². The van der Waals surface area contributed by atoms with Crippen molar-refractivity contribution in [2.45, 2.75) is 52.7 Å². The molecule has 0 aliphatic rings. The van der Waals surface area contributed by atoms with Crippen LogP contribution in [-0.2, 0) is 15.1 Å². The van der Waals surface area contributed by atoms with Gasteiger partial charge in [0.1, 0.15) is 5.54 Å². The number of halogens is 1. The minimum Gasteiger partial charge on any atom is -0.461 e. The fourth-order valence-corrected chi connectivity index (χ4v) is 2.88. The van der Waals surface area contributed by atoms with Crippen LogP contribution >= 0.6 is 12.4 Å². The largest absolute Gasteiger partial charge is 0.461 e. The standard InChI is InChI=1S/C19H26N2O3.ClH/c1-12(2)24-17(23)19(20,11-18(3,4)5)14-7-8-15-13(10-14)6-9-16(22)21-15;/h6-10,12H,11,20H2,1-5H3,(H,21,22);1H/t19-;/m1./s1. The maximum Gasteiger partial charge on any atom is 0.331 e. The van der Waals surface area contributed by atoms with Gasteiger partial charge in [0, 0.05) is 11.6 Å². The molecule has 2 rings (SSSR count). The number of esters is 1. The summed E-state index contributed by atoms with van der Waals surface area (Å²) >= 11 is 0. The van der Waals surface area contributed by atoms with Crippen molar-refractivity contribution in [2.75, 3.05) is 0 Å². The van der Waals surface area contributed by atoms with Crippen molar-refractivity contribution in [3.63, 3.8) is 0 Å². The first-order chi connectivity index (χ1) is 11.0. The van der Waals surface area contributed by atoms with Crippen LogP contribution in [0.3, 0.4) is 0 Å². The van der Waals surface area contributed by atoms with Crippen LogP contribution in [0.25, 0.3) is 10.9 Å². The second-order valence-electron chi connectivity index (χ2n) is 7.79. The number of carbonyl (C=O) groups is 1. The Hall–Kier alpha value is -1.85. The van der Waals surface area contributed by atoms with E-state index in [1.54, 1.807) is 32.0 Å². The monoisotopic (exact) mass is 366 g/mol. The minimum atomic E-state index is -1.24. The summed E-state index contributed by atoms with van der Waals surface area (Å²) in [6, 6.07) is 8.59. The summed E-state index contributed by atoms with van der Waals surface area (Å²) < 4.78 is 5.43. The van der Waals surface area contributed by atoms with Crippen LogP contribution in [0.4, 0.5) is 0 Å². The number of carbonyl (C=O) groups excluding carboxylic acids is 1. The highest BCUT2D eigenvalue weighted by molar-refractivity contribution is 5.86. The normalized spacial score (nSPS) is 14.0. The number of nitrogens with one attached hydrogen (secondary N) is 1. The van der Waals surface area contributed by atoms with Gasteiger partial charge in [-0.3, -0.25) is 4.79 Å². The van der Waals surface area contributed by atoms with E-state index in [0.717, 1.165) is 5.39 Å². The molecule has 0 aliphatic heterocycles. The molecular formula is C19H27ClN2O3. The zero-order valence-electron chi connectivity index (χ0n) is 15.4. The van der Waals surface area contributed by atoms with Gasteiger partial charge in [0.15, 0.2) is 0 Å². The summed E-state index contributed by atoms with van der Waals surface area (Å²) in [6.07, 6.45) is 0.206. The average Bonchev–Trinajstić information content (AvgIpc) is 2.44. The maximum atomic E-state index is 12.7. The number of hydrogen-bond acceptors (Lipinski definition) is 4. The fraction of sp³-hybridized carbons (Fsp3) is 0.474. The van der Waals surface area contributed by atoms with Gasteiger partial charge in [0.25, 0.3) is 0 Å². The molecule has 0 saturated carbocycles. The van der Waals surface area contributed by atoms with E-state index in [2.05, 4.69) is 4.98 Å². The van der Waals surface area contributed by atoms with Crippen LogP contribution in [0.15, 0.2) is 35.1 Å². The first-order valence-electron chi connectivity index (χ1n) is 8.15. The van der Waals surface area contributed by atoms with Crippen LogP contribution in [0.2, 0.25) is 0 Å². The molecule has 25 heavy (non-hydrogen) atoms. The molecule has 0 aliphatic carbocycles. The molecule has 5 nitrogen and oxygen atoms in total. The zero-order chi connectivity index (χ0) is 18.1. The van der Waals surface area contributed by atoms with Crippen molar-refractivity contribution < 1.29 is 9.53 Å². The Balaban J connectivity index is 0.00000312. The molecule has 0 bridgehead atoms. The quantitative estimate of drug-likeness (QED) is 0.811. The number of benzene rings is 1. The summed E-state index contributed by atoms with van der Waals surface area (Å²) in [7, 11) is 0. The topological polar surface area (TPSA) is 85.2 Å². The first-order valence-corrected chi connectivity index (χ1v) is 8.15. The summed E-state index contributed by atoms with van der Waals surface area (Å²) in [4.78, 5) is 26.9. The summed E-state index contributed by atoms with van der Waals surface area (Å²) in [5.41, 5.74) is 6.40. The van der Waals surface area contributed by atoms with Gasteiger partial charge in [-0.25, -0.2) is 4.79 Å².